The first-order valence-electron chi connectivity index (χ1n) is 10.7. The maximum Gasteiger partial charge on any atom is 0.257 e. The number of amides is 1. The number of pyridine rings is 1. The minimum absolute atomic E-state index is 0.117. The van der Waals surface area contributed by atoms with E-state index in [0.717, 1.165) is 49.8 Å². The Kier molecular flexibility index (Phi) is 5.68. The lowest BCUT2D eigenvalue weighted by atomic mass is 9.68. The van der Waals surface area contributed by atoms with Crippen molar-refractivity contribution in [3.63, 3.8) is 0 Å². The standard InChI is InChI=1S/C24H29FN2O2/c1-17-5-8-20(21(25)16-17)23(29)27(18-6-7-18)19-9-11-24(12-10-19,13-15-28)22-4-2-3-14-26-22/h2-5,8,14,16,18-19,28H,6-7,9-13,15H2,1H3. The number of benzene rings is 1. The third-order valence-electron chi connectivity index (χ3n) is 6.63. The summed E-state index contributed by atoms with van der Waals surface area (Å²) in [7, 11) is 0. The van der Waals surface area contributed by atoms with Gasteiger partial charge in [-0.1, -0.05) is 12.1 Å². The molecule has 2 fully saturated rings. The Morgan fingerprint density at radius 2 is 1.90 bits per heavy atom. The summed E-state index contributed by atoms with van der Waals surface area (Å²) < 4.78 is 14.5. The molecule has 154 valence electrons. The first-order valence-corrected chi connectivity index (χ1v) is 10.7. The third-order valence-corrected chi connectivity index (χ3v) is 6.63. The summed E-state index contributed by atoms with van der Waals surface area (Å²) >= 11 is 0. The Bertz CT molecular complexity index is 858. The number of aromatic nitrogens is 1. The number of nitrogens with zero attached hydrogens (tertiary/aromatic N) is 2. The Labute approximate surface area is 171 Å². The summed E-state index contributed by atoms with van der Waals surface area (Å²) in [6, 6.07) is 11.2. The fraction of sp³-hybridized carbons (Fsp3) is 0.500. The van der Waals surface area contributed by atoms with Crippen LogP contribution in [0.2, 0.25) is 0 Å². The van der Waals surface area contributed by atoms with Gasteiger partial charge >= 0.3 is 0 Å². The van der Waals surface area contributed by atoms with E-state index in [1.165, 1.54) is 6.07 Å². The first-order chi connectivity index (χ1) is 14.0. The zero-order valence-corrected chi connectivity index (χ0v) is 17.0. The number of carbonyl (C=O) groups is 1. The van der Waals surface area contributed by atoms with Crippen LogP contribution in [0.15, 0.2) is 42.6 Å². The molecule has 1 aromatic heterocycles. The van der Waals surface area contributed by atoms with Crippen molar-refractivity contribution in [3.8, 4) is 0 Å². The van der Waals surface area contributed by atoms with Crippen LogP contribution in [0.5, 0.6) is 0 Å². The number of aliphatic hydroxyl groups excluding tert-OH is 1. The van der Waals surface area contributed by atoms with Gasteiger partial charge in [0.1, 0.15) is 5.82 Å². The van der Waals surface area contributed by atoms with Crippen LogP contribution in [0.3, 0.4) is 0 Å². The minimum atomic E-state index is -0.431. The largest absolute Gasteiger partial charge is 0.396 e. The minimum Gasteiger partial charge on any atom is -0.396 e. The van der Waals surface area contributed by atoms with Gasteiger partial charge in [0, 0.05) is 36.0 Å². The molecule has 1 N–H and O–H groups in total. The second kappa shape index (κ2) is 8.23. The molecule has 0 radical (unpaired) electrons. The van der Waals surface area contributed by atoms with Crippen LogP contribution in [0.1, 0.15) is 66.6 Å². The highest BCUT2D eigenvalue weighted by atomic mass is 19.1. The van der Waals surface area contributed by atoms with E-state index < -0.39 is 5.82 Å². The number of carbonyl (C=O) groups excluding carboxylic acids is 1. The maximum absolute atomic E-state index is 14.5. The molecule has 4 nitrogen and oxygen atoms in total. The molecule has 1 heterocycles. The van der Waals surface area contributed by atoms with E-state index in [1.54, 1.807) is 18.3 Å². The highest BCUT2D eigenvalue weighted by Crippen LogP contribution is 2.44. The highest BCUT2D eigenvalue weighted by molar-refractivity contribution is 5.95. The molecule has 0 bridgehead atoms. The first kappa shape index (κ1) is 20.0. The fourth-order valence-corrected chi connectivity index (χ4v) is 4.87. The van der Waals surface area contributed by atoms with E-state index in [-0.39, 0.29) is 35.6 Å². The van der Waals surface area contributed by atoms with E-state index in [0.29, 0.717) is 6.42 Å². The van der Waals surface area contributed by atoms with Crippen LogP contribution in [0.4, 0.5) is 4.39 Å². The zero-order valence-electron chi connectivity index (χ0n) is 17.0. The Hall–Kier alpha value is -2.27. The topological polar surface area (TPSA) is 53.4 Å². The molecule has 0 aliphatic heterocycles. The summed E-state index contributed by atoms with van der Waals surface area (Å²) in [5.74, 6) is -0.609. The number of hydrogen-bond acceptors (Lipinski definition) is 3. The van der Waals surface area contributed by atoms with Crippen LogP contribution in [-0.2, 0) is 5.41 Å². The molecular formula is C24H29FN2O2. The van der Waals surface area contributed by atoms with E-state index in [2.05, 4.69) is 4.98 Å². The van der Waals surface area contributed by atoms with Crippen LogP contribution in [-0.4, -0.2) is 39.6 Å². The van der Waals surface area contributed by atoms with Crippen molar-refractivity contribution >= 4 is 5.91 Å². The summed E-state index contributed by atoms with van der Waals surface area (Å²) in [5.41, 5.74) is 1.89. The van der Waals surface area contributed by atoms with Gasteiger partial charge in [-0.15, -0.1) is 0 Å². The van der Waals surface area contributed by atoms with Gasteiger partial charge in [0.15, 0.2) is 0 Å². The predicted molar refractivity (Wildman–Crippen MR) is 110 cm³/mol. The highest BCUT2D eigenvalue weighted by Gasteiger charge is 2.44. The molecule has 2 saturated carbocycles. The molecule has 0 unspecified atom stereocenters. The lowest BCUT2D eigenvalue weighted by molar-refractivity contribution is 0.0544. The average molecular weight is 397 g/mol. The second-order valence-electron chi connectivity index (χ2n) is 8.63. The van der Waals surface area contributed by atoms with Gasteiger partial charge < -0.3 is 10.0 Å². The molecule has 4 rings (SSSR count). The predicted octanol–water partition coefficient (Wildman–Crippen LogP) is 4.40. The summed E-state index contributed by atoms with van der Waals surface area (Å²) in [6.45, 7) is 1.95. The average Bonchev–Trinajstić information content (AvgIpc) is 3.55. The van der Waals surface area contributed by atoms with Gasteiger partial charge in [0.25, 0.3) is 5.91 Å². The molecule has 0 saturated heterocycles. The molecule has 2 aromatic rings. The Balaban J connectivity index is 1.54. The van der Waals surface area contributed by atoms with Crippen LogP contribution in [0, 0.1) is 12.7 Å². The van der Waals surface area contributed by atoms with Crippen molar-refractivity contribution in [2.45, 2.75) is 69.4 Å². The normalized spacial score (nSPS) is 24.3. The van der Waals surface area contributed by atoms with Crippen molar-refractivity contribution in [3.05, 3.63) is 65.2 Å². The Morgan fingerprint density at radius 1 is 1.17 bits per heavy atom. The second-order valence-corrected chi connectivity index (χ2v) is 8.63. The van der Waals surface area contributed by atoms with Gasteiger partial charge in [0.05, 0.1) is 5.56 Å². The number of halogens is 1. The molecule has 0 atom stereocenters. The van der Waals surface area contributed by atoms with Gasteiger partial charge in [-0.3, -0.25) is 9.78 Å². The van der Waals surface area contributed by atoms with Crippen LogP contribution < -0.4 is 0 Å². The molecular weight excluding hydrogens is 367 g/mol. The van der Waals surface area contributed by atoms with E-state index in [1.807, 2.05) is 30.0 Å². The van der Waals surface area contributed by atoms with Gasteiger partial charge in [-0.2, -0.15) is 0 Å². The quantitative estimate of drug-likeness (QED) is 0.788. The maximum atomic E-state index is 14.5. The molecule has 0 spiro atoms. The van der Waals surface area contributed by atoms with Gasteiger partial charge in [0.2, 0.25) is 0 Å². The van der Waals surface area contributed by atoms with Crippen molar-refractivity contribution in [2.24, 2.45) is 0 Å². The van der Waals surface area contributed by atoms with Crippen molar-refractivity contribution in [1.82, 2.24) is 9.88 Å². The smallest absolute Gasteiger partial charge is 0.257 e. The molecule has 1 aromatic carbocycles. The van der Waals surface area contributed by atoms with Crippen LogP contribution in [0.25, 0.3) is 0 Å². The van der Waals surface area contributed by atoms with Crippen molar-refractivity contribution in [2.75, 3.05) is 6.61 Å². The van der Waals surface area contributed by atoms with E-state index in [4.69, 9.17) is 0 Å². The zero-order chi connectivity index (χ0) is 20.4. The van der Waals surface area contributed by atoms with Crippen molar-refractivity contribution < 1.29 is 14.3 Å². The molecule has 2 aliphatic carbocycles. The lowest BCUT2D eigenvalue weighted by Crippen LogP contribution is -2.47. The molecule has 1 amide bonds. The molecule has 2 aliphatic rings. The summed E-state index contributed by atoms with van der Waals surface area (Å²) in [6.07, 6.45) is 7.94. The van der Waals surface area contributed by atoms with Crippen LogP contribution >= 0.6 is 0 Å². The molecule has 5 heteroatoms. The van der Waals surface area contributed by atoms with E-state index in [9.17, 15) is 14.3 Å². The Morgan fingerprint density at radius 3 is 2.48 bits per heavy atom. The summed E-state index contributed by atoms with van der Waals surface area (Å²) in [5, 5.41) is 9.67. The van der Waals surface area contributed by atoms with E-state index >= 15 is 0 Å². The monoisotopic (exact) mass is 396 g/mol. The summed E-state index contributed by atoms with van der Waals surface area (Å²) in [4.78, 5) is 19.8. The lowest BCUT2D eigenvalue weighted by Gasteiger charge is -2.43. The third kappa shape index (κ3) is 4.06. The number of hydrogen-bond donors (Lipinski definition) is 1. The number of rotatable bonds is 6. The van der Waals surface area contributed by atoms with Gasteiger partial charge in [-0.05, 0) is 81.7 Å². The number of aryl methyl sites for hydroxylation is 1. The van der Waals surface area contributed by atoms with Gasteiger partial charge in [-0.25, -0.2) is 4.39 Å². The fourth-order valence-electron chi connectivity index (χ4n) is 4.87. The SMILES string of the molecule is Cc1ccc(C(=O)N(C2CC2)C2CCC(CCO)(c3ccccn3)CC2)c(F)c1. The number of aliphatic hydroxyl groups is 1. The van der Waals surface area contributed by atoms with Crippen molar-refractivity contribution in [1.29, 1.82) is 0 Å². The molecule has 29 heavy (non-hydrogen) atoms.